The first kappa shape index (κ1) is 15.7. The largest absolute Gasteiger partial charge is 0.478 e. The molecule has 1 amide bonds. The van der Waals surface area contributed by atoms with Crippen molar-refractivity contribution in [3.63, 3.8) is 0 Å². The van der Waals surface area contributed by atoms with Crippen LogP contribution in [-0.2, 0) is 9.84 Å². The van der Waals surface area contributed by atoms with Gasteiger partial charge in [-0.15, -0.1) is 0 Å². The van der Waals surface area contributed by atoms with Gasteiger partial charge in [0.2, 0.25) is 0 Å². The van der Waals surface area contributed by atoms with Crippen LogP contribution in [0, 0.1) is 6.92 Å². The number of nitrogens with one attached hydrogen (secondary N) is 1. The van der Waals surface area contributed by atoms with E-state index in [-0.39, 0.29) is 16.1 Å². The molecular weight excluding hydrogens is 306 g/mol. The molecule has 0 atom stereocenters. The summed E-state index contributed by atoms with van der Waals surface area (Å²) in [5.74, 6) is -1.17. The number of sulfone groups is 1. The quantitative estimate of drug-likeness (QED) is 0.906. The van der Waals surface area contributed by atoms with Crippen LogP contribution in [-0.4, -0.2) is 24.7 Å². The number of carboxylic acids is 1. The summed E-state index contributed by atoms with van der Waals surface area (Å²) in [5, 5.41) is 9.87. The Morgan fingerprint density at radius 3 is 2.27 bits per heavy atom. The molecule has 0 aliphatic heterocycles. The Kier molecular flexibility index (Phi) is 4.27. The Morgan fingerprint density at radius 1 is 1.05 bits per heavy atom. The summed E-state index contributed by atoms with van der Waals surface area (Å²) in [5.41, 5.74) is 0.916. The predicted molar refractivity (Wildman–Crippen MR) is 80.8 cm³/mol. The second-order valence-corrected chi connectivity index (χ2v) is 6.46. The maximum Gasteiger partial charge on any atom is 0.345 e. The SMILES string of the molecule is Cc1ccc(S(=O)(=O)C(=O)Nc2cccc(C(=O)O)c2)cc1. The van der Waals surface area contributed by atoms with Crippen molar-refractivity contribution in [3.05, 3.63) is 59.7 Å². The van der Waals surface area contributed by atoms with Crippen molar-refractivity contribution in [3.8, 4) is 0 Å². The van der Waals surface area contributed by atoms with E-state index in [9.17, 15) is 18.0 Å². The average Bonchev–Trinajstić information content (AvgIpc) is 2.48. The number of aryl methyl sites for hydroxylation is 1. The third kappa shape index (κ3) is 3.32. The molecule has 0 heterocycles. The molecule has 0 aliphatic carbocycles. The molecule has 0 saturated carbocycles. The summed E-state index contributed by atoms with van der Waals surface area (Å²) in [7, 11) is -4.18. The van der Waals surface area contributed by atoms with Crippen LogP contribution in [0.1, 0.15) is 15.9 Å². The van der Waals surface area contributed by atoms with E-state index in [4.69, 9.17) is 5.11 Å². The Balaban J connectivity index is 2.26. The molecule has 2 aromatic rings. The van der Waals surface area contributed by atoms with Gasteiger partial charge in [0.05, 0.1) is 10.5 Å². The van der Waals surface area contributed by atoms with E-state index < -0.39 is 21.0 Å². The van der Waals surface area contributed by atoms with Crippen LogP contribution in [0.2, 0.25) is 0 Å². The lowest BCUT2D eigenvalue weighted by atomic mass is 10.2. The van der Waals surface area contributed by atoms with E-state index in [1.165, 1.54) is 36.4 Å². The summed E-state index contributed by atoms with van der Waals surface area (Å²) in [6, 6.07) is 11.2. The topological polar surface area (TPSA) is 101 Å². The number of carboxylic acid groups (broad SMARTS) is 1. The van der Waals surface area contributed by atoms with Crippen molar-refractivity contribution in [2.75, 3.05) is 5.32 Å². The van der Waals surface area contributed by atoms with E-state index in [2.05, 4.69) is 5.32 Å². The van der Waals surface area contributed by atoms with Crippen LogP contribution in [0.5, 0.6) is 0 Å². The summed E-state index contributed by atoms with van der Waals surface area (Å²) >= 11 is 0. The number of hydrogen-bond acceptors (Lipinski definition) is 4. The van der Waals surface area contributed by atoms with Gasteiger partial charge >= 0.3 is 11.2 Å². The van der Waals surface area contributed by atoms with Crippen LogP contribution in [0.15, 0.2) is 53.4 Å². The van der Waals surface area contributed by atoms with Crippen LogP contribution in [0.25, 0.3) is 0 Å². The minimum atomic E-state index is -4.18. The second kappa shape index (κ2) is 5.98. The van der Waals surface area contributed by atoms with Crippen molar-refractivity contribution < 1.29 is 23.1 Å². The highest BCUT2D eigenvalue weighted by molar-refractivity contribution is 8.06. The van der Waals surface area contributed by atoms with Crippen molar-refractivity contribution in [2.24, 2.45) is 0 Å². The highest BCUT2D eigenvalue weighted by Gasteiger charge is 2.24. The van der Waals surface area contributed by atoms with E-state index in [0.29, 0.717) is 0 Å². The maximum atomic E-state index is 12.1. The maximum absolute atomic E-state index is 12.1. The third-order valence-corrected chi connectivity index (χ3v) is 4.41. The van der Waals surface area contributed by atoms with Crippen LogP contribution < -0.4 is 5.32 Å². The fourth-order valence-corrected chi connectivity index (χ4v) is 2.70. The molecule has 0 aliphatic rings. The molecule has 114 valence electrons. The van der Waals surface area contributed by atoms with E-state index >= 15 is 0 Å². The van der Waals surface area contributed by atoms with E-state index in [1.54, 1.807) is 19.1 Å². The molecule has 0 bridgehead atoms. The number of amides is 1. The molecule has 2 rings (SSSR count). The molecule has 6 nitrogen and oxygen atoms in total. The molecule has 0 spiro atoms. The predicted octanol–water partition coefficient (Wildman–Crippen LogP) is 2.70. The van der Waals surface area contributed by atoms with E-state index in [1.807, 2.05) is 0 Å². The smallest absolute Gasteiger partial charge is 0.345 e. The van der Waals surface area contributed by atoms with Gasteiger partial charge in [0, 0.05) is 5.69 Å². The van der Waals surface area contributed by atoms with Gasteiger partial charge in [-0.1, -0.05) is 23.8 Å². The highest BCUT2D eigenvalue weighted by Crippen LogP contribution is 2.17. The van der Waals surface area contributed by atoms with Gasteiger partial charge in [-0.3, -0.25) is 4.79 Å². The lowest BCUT2D eigenvalue weighted by Crippen LogP contribution is -2.21. The van der Waals surface area contributed by atoms with Gasteiger partial charge in [-0.05, 0) is 37.3 Å². The van der Waals surface area contributed by atoms with Gasteiger partial charge in [0.25, 0.3) is 9.84 Å². The van der Waals surface area contributed by atoms with Crippen LogP contribution >= 0.6 is 0 Å². The van der Waals surface area contributed by atoms with Gasteiger partial charge < -0.3 is 10.4 Å². The second-order valence-electron chi connectivity index (χ2n) is 4.61. The summed E-state index contributed by atoms with van der Waals surface area (Å²) in [6.45, 7) is 1.80. The monoisotopic (exact) mass is 319 g/mol. The first-order valence-electron chi connectivity index (χ1n) is 6.27. The molecule has 2 N–H and O–H groups in total. The lowest BCUT2D eigenvalue weighted by molar-refractivity contribution is 0.0697. The first-order valence-corrected chi connectivity index (χ1v) is 7.75. The van der Waals surface area contributed by atoms with Crippen LogP contribution in [0.4, 0.5) is 10.5 Å². The Morgan fingerprint density at radius 2 is 1.68 bits per heavy atom. The number of anilines is 1. The van der Waals surface area contributed by atoms with Crippen molar-refractivity contribution in [1.29, 1.82) is 0 Å². The number of benzene rings is 2. The summed E-state index contributed by atoms with van der Waals surface area (Å²) in [4.78, 5) is 22.7. The zero-order valence-electron chi connectivity index (χ0n) is 11.6. The number of carbonyl (C=O) groups excluding carboxylic acids is 1. The van der Waals surface area contributed by atoms with Gasteiger partial charge in [-0.25, -0.2) is 13.2 Å². The fraction of sp³-hybridized carbons (Fsp3) is 0.0667. The molecule has 7 heteroatoms. The first-order chi connectivity index (χ1) is 10.3. The van der Waals surface area contributed by atoms with Gasteiger partial charge in [0.15, 0.2) is 0 Å². The van der Waals surface area contributed by atoms with Crippen LogP contribution in [0.3, 0.4) is 0 Å². The number of hydrogen-bond donors (Lipinski definition) is 2. The molecular formula is C15H13NO5S. The number of aromatic carboxylic acids is 1. The zero-order valence-corrected chi connectivity index (χ0v) is 12.4. The number of rotatable bonds is 3. The van der Waals surface area contributed by atoms with Crippen molar-refractivity contribution in [1.82, 2.24) is 0 Å². The molecule has 2 aromatic carbocycles. The van der Waals surface area contributed by atoms with Crippen molar-refractivity contribution >= 4 is 26.7 Å². The lowest BCUT2D eigenvalue weighted by Gasteiger charge is -2.07. The average molecular weight is 319 g/mol. The van der Waals surface area contributed by atoms with E-state index in [0.717, 1.165) is 5.56 Å². The highest BCUT2D eigenvalue weighted by atomic mass is 32.2. The third-order valence-electron chi connectivity index (χ3n) is 2.93. The summed E-state index contributed by atoms with van der Waals surface area (Å²) < 4.78 is 24.3. The minimum absolute atomic E-state index is 0.0504. The summed E-state index contributed by atoms with van der Waals surface area (Å²) in [6.07, 6.45) is 0. The molecule has 0 radical (unpaired) electrons. The molecule has 22 heavy (non-hydrogen) atoms. The standard InChI is InChI=1S/C15H13NO5S/c1-10-5-7-13(8-6-10)22(20,21)15(19)16-12-4-2-3-11(9-12)14(17)18/h2-9H,1H3,(H,16,19)(H,17,18). The molecule has 0 unspecified atom stereocenters. The zero-order chi connectivity index (χ0) is 16.3. The fourth-order valence-electron chi connectivity index (χ4n) is 1.74. The Hall–Kier alpha value is -2.67. The normalized spacial score (nSPS) is 11.0. The Labute approximate surface area is 127 Å². The molecule has 0 saturated heterocycles. The van der Waals surface area contributed by atoms with Gasteiger partial charge in [-0.2, -0.15) is 0 Å². The Bertz CT molecular complexity index is 825. The molecule has 0 aromatic heterocycles. The minimum Gasteiger partial charge on any atom is -0.478 e. The molecule has 0 fully saturated rings. The van der Waals surface area contributed by atoms with Gasteiger partial charge in [0.1, 0.15) is 0 Å². The number of carbonyl (C=O) groups is 2. The van der Waals surface area contributed by atoms with Crippen molar-refractivity contribution in [2.45, 2.75) is 11.8 Å².